The Morgan fingerprint density at radius 1 is 1.04 bits per heavy atom. The Hall–Kier alpha value is -2.50. The number of hydrogen-bond donors (Lipinski definition) is 2. The van der Waals surface area contributed by atoms with Gasteiger partial charge in [0.15, 0.2) is 5.13 Å². The van der Waals surface area contributed by atoms with E-state index in [1.165, 1.54) is 11.3 Å². The number of nitrogens with two attached hydrogens (primary N) is 1. The molecule has 27 heavy (non-hydrogen) atoms. The van der Waals surface area contributed by atoms with Gasteiger partial charge in [0.2, 0.25) is 5.91 Å². The predicted octanol–water partition coefficient (Wildman–Crippen LogP) is 4.96. The molecule has 1 atom stereocenters. The normalized spacial score (nSPS) is 12.3. The van der Waals surface area contributed by atoms with Gasteiger partial charge in [-0.1, -0.05) is 74.5 Å². The maximum atomic E-state index is 13.1. The number of rotatable bonds is 7. The lowest BCUT2D eigenvalue weighted by molar-refractivity contribution is -0.116. The van der Waals surface area contributed by atoms with Gasteiger partial charge in [0, 0.05) is 11.4 Å². The third-order valence-corrected chi connectivity index (χ3v) is 5.16. The van der Waals surface area contributed by atoms with Crippen LogP contribution in [0.3, 0.4) is 0 Å². The highest BCUT2D eigenvalue weighted by molar-refractivity contribution is 7.13. The van der Waals surface area contributed by atoms with Crippen LogP contribution in [0, 0.1) is 5.92 Å². The molecule has 3 N–H and O–H groups in total. The van der Waals surface area contributed by atoms with Crippen molar-refractivity contribution < 1.29 is 4.79 Å². The summed E-state index contributed by atoms with van der Waals surface area (Å²) >= 11 is 1.42. The molecule has 140 valence electrons. The highest BCUT2D eigenvalue weighted by Gasteiger charge is 2.23. The Kier molecular flexibility index (Phi) is 6.37. The van der Waals surface area contributed by atoms with Gasteiger partial charge < -0.3 is 11.1 Å². The van der Waals surface area contributed by atoms with E-state index < -0.39 is 0 Å². The maximum absolute atomic E-state index is 13.1. The van der Waals surface area contributed by atoms with E-state index in [0.717, 1.165) is 23.2 Å². The fourth-order valence-electron chi connectivity index (χ4n) is 3.11. The molecule has 1 aromatic heterocycles. The van der Waals surface area contributed by atoms with E-state index in [2.05, 4.69) is 24.1 Å². The zero-order valence-electron chi connectivity index (χ0n) is 15.6. The van der Waals surface area contributed by atoms with Gasteiger partial charge in [-0.25, -0.2) is 4.98 Å². The largest absolute Gasteiger partial charge is 0.323 e. The van der Waals surface area contributed by atoms with Crippen LogP contribution in [-0.4, -0.2) is 10.9 Å². The molecule has 0 spiro atoms. The molecule has 4 nitrogen and oxygen atoms in total. The topological polar surface area (TPSA) is 68.0 Å². The number of nitrogens with zero attached hydrogens (tertiary/aromatic N) is 1. The average Bonchev–Trinajstić information content (AvgIpc) is 3.12. The van der Waals surface area contributed by atoms with Crippen molar-refractivity contribution in [2.45, 2.75) is 32.2 Å². The summed E-state index contributed by atoms with van der Waals surface area (Å²) < 4.78 is 0. The Morgan fingerprint density at radius 2 is 1.59 bits per heavy atom. The minimum absolute atomic E-state index is 0.0919. The third kappa shape index (κ3) is 5.02. The Bertz CT molecular complexity index is 822. The first kappa shape index (κ1) is 19.3. The molecular formula is C22H25N3OS. The predicted molar refractivity (Wildman–Crippen MR) is 112 cm³/mol. The van der Waals surface area contributed by atoms with Crippen LogP contribution in [0.2, 0.25) is 0 Å². The highest BCUT2D eigenvalue weighted by Crippen LogP contribution is 2.28. The number of carbonyl (C=O) groups excluding carboxylic acids is 1. The summed E-state index contributed by atoms with van der Waals surface area (Å²) in [6.07, 6.45) is 0.869. The van der Waals surface area contributed by atoms with Crippen LogP contribution in [0.25, 0.3) is 0 Å². The van der Waals surface area contributed by atoms with Crippen molar-refractivity contribution in [1.29, 1.82) is 0 Å². The van der Waals surface area contributed by atoms with E-state index >= 15 is 0 Å². The molecule has 0 fully saturated rings. The Labute approximate surface area is 164 Å². The first-order chi connectivity index (χ1) is 13.0. The average molecular weight is 380 g/mol. The summed E-state index contributed by atoms with van der Waals surface area (Å²) in [4.78, 5) is 17.6. The maximum Gasteiger partial charge on any atom is 0.238 e. The first-order valence-electron chi connectivity index (χ1n) is 9.16. The van der Waals surface area contributed by atoms with Crippen molar-refractivity contribution in [1.82, 2.24) is 4.98 Å². The van der Waals surface area contributed by atoms with Crippen LogP contribution >= 0.6 is 11.3 Å². The van der Waals surface area contributed by atoms with Gasteiger partial charge in [0.1, 0.15) is 0 Å². The number of amides is 1. The fourth-order valence-corrected chi connectivity index (χ4v) is 3.88. The van der Waals surface area contributed by atoms with E-state index in [9.17, 15) is 4.79 Å². The van der Waals surface area contributed by atoms with Gasteiger partial charge in [-0.2, -0.15) is 0 Å². The number of nitrogens with one attached hydrogen (secondary N) is 1. The molecule has 0 saturated heterocycles. The smallest absolute Gasteiger partial charge is 0.238 e. The van der Waals surface area contributed by atoms with Crippen molar-refractivity contribution >= 4 is 22.4 Å². The minimum atomic E-state index is -0.385. The summed E-state index contributed by atoms with van der Waals surface area (Å²) in [5.74, 6) is 0.0232. The molecule has 1 unspecified atom stereocenters. The van der Waals surface area contributed by atoms with E-state index in [1.54, 1.807) is 0 Å². The fraction of sp³-hybridized carbons (Fsp3) is 0.273. The lowest BCUT2D eigenvalue weighted by Gasteiger charge is -2.17. The highest BCUT2D eigenvalue weighted by atomic mass is 32.1. The molecule has 3 aromatic rings. The second kappa shape index (κ2) is 8.93. The number of anilines is 1. The van der Waals surface area contributed by atoms with Crippen molar-refractivity contribution in [3.05, 3.63) is 82.9 Å². The van der Waals surface area contributed by atoms with Gasteiger partial charge in [-0.05, 0) is 23.5 Å². The molecule has 2 aromatic carbocycles. The van der Waals surface area contributed by atoms with Crippen molar-refractivity contribution in [2.75, 3.05) is 5.32 Å². The van der Waals surface area contributed by atoms with Crippen molar-refractivity contribution in [3.63, 3.8) is 0 Å². The molecular weight excluding hydrogens is 354 g/mol. The second-order valence-electron chi connectivity index (χ2n) is 7.06. The molecule has 0 bridgehead atoms. The van der Waals surface area contributed by atoms with Gasteiger partial charge in [-0.15, -0.1) is 11.3 Å². The third-order valence-electron chi connectivity index (χ3n) is 4.39. The van der Waals surface area contributed by atoms with Crippen LogP contribution in [0.1, 0.15) is 49.0 Å². The quantitative estimate of drug-likeness (QED) is 0.610. The molecule has 5 heteroatoms. The van der Waals surface area contributed by atoms with E-state index in [4.69, 9.17) is 5.73 Å². The van der Waals surface area contributed by atoms with Crippen molar-refractivity contribution in [2.24, 2.45) is 11.7 Å². The van der Waals surface area contributed by atoms with Crippen LogP contribution in [0.15, 0.2) is 66.0 Å². The summed E-state index contributed by atoms with van der Waals surface area (Å²) in [6.45, 7) is 4.28. The lowest BCUT2D eigenvalue weighted by Crippen LogP contribution is -2.22. The van der Waals surface area contributed by atoms with Gasteiger partial charge in [0.05, 0.1) is 11.6 Å². The molecule has 0 radical (unpaired) electrons. The van der Waals surface area contributed by atoms with E-state index in [0.29, 0.717) is 11.0 Å². The van der Waals surface area contributed by atoms with Gasteiger partial charge in [-0.3, -0.25) is 4.79 Å². The lowest BCUT2D eigenvalue weighted by atomic mass is 9.90. The zero-order valence-corrected chi connectivity index (χ0v) is 16.4. The molecule has 0 aliphatic heterocycles. The van der Waals surface area contributed by atoms with Crippen LogP contribution in [0.5, 0.6) is 0 Å². The number of aromatic nitrogens is 1. The number of hydrogen-bond acceptors (Lipinski definition) is 4. The van der Waals surface area contributed by atoms with Crippen LogP contribution in [-0.2, 0) is 4.79 Å². The number of carbonyl (C=O) groups is 1. The number of benzene rings is 2. The van der Waals surface area contributed by atoms with E-state index in [1.807, 2.05) is 66.0 Å². The Balaban J connectivity index is 1.81. The molecule has 1 heterocycles. The molecule has 0 aliphatic rings. The second-order valence-corrected chi connectivity index (χ2v) is 7.92. The molecule has 3 rings (SSSR count). The Morgan fingerprint density at radius 3 is 2.11 bits per heavy atom. The summed E-state index contributed by atoms with van der Waals surface area (Å²) in [6, 6.07) is 19.5. The van der Waals surface area contributed by atoms with Gasteiger partial charge in [0.25, 0.3) is 0 Å². The SMILES string of the molecule is CC(C)CC(N)c1csc(NC(=O)C(c2ccccc2)c2ccccc2)n1. The molecule has 0 aliphatic carbocycles. The standard InChI is InChI=1S/C22H25N3OS/c1-15(2)13-18(23)19-14-27-22(24-19)25-21(26)20(16-9-5-3-6-10-16)17-11-7-4-8-12-17/h3-12,14-15,18,20H,13,23H2,1-2H3,(H,24,25,26). The zero-order chi connectivity index (χ0) is 19.2. The van der Waals surface area contributed by atoms with E-state index in [-0.39, 0.29) is 17.9 Å². The van der Waals surface area contributed by atoms with Crippen LogP contribution < -0.4 is 11.1 Å². The van der Waals surface area contributed by atoms with Crippen molar-refractivity contribution in [3.8, 4) is 0 Å². The summed E-state index contributed by atoms with van der Waals surface area (Å²) in [5.41, 5.74) is 8.95. The summed E-state index contributed by atoms with van der Waals surface area (Å²) in [7, 11) is 0. The summed E-state index contributed by atoms with van der Waals surface area (Å²) in [5, 5.41) is 5.50. The van der Waals surface area contributed by atoms with Gasteiger partial charge >= 0.3 is 0 Å². The first-order valence-corrected chi connectivity index (χ1v) is 10.0. The minimum Gasteiger partial charge on any atom is -0.323 e. The number of thiazole rings is 1. The monoisotopic (exact) mass is 379 g/mol. The molecule has 1 amide bonds. The molecule has 0 saturated carbocycles. The van der Waals surface area contributed by atoms with Crippen LogP contribution in [0.4, 0.5) is 5.13 Å².